The van der Waals surface area contributed by atoms with Crippen LogP contribution in [0.3, 0.4) is 0 Å². The van der Waals surface area contributed by atoms with Crippen LogP contribution >= 0.6 is 10.8 Å². The van der Waals surface area contributed by atoms with Crippen molar-refractivity contribution in [3.05, 3.63) is 66.4 Å². The molecule has 198 valence electrons. The number of piperidine rings is 1. The minimum absolute atomic E-state index is 0.0314. The van der Waals surface area contributed by atoms with Gasteiger partial charge >= 0.3 is 0 Å². The van der Waals surface area contributed by atoms with Crippen LogP contribution in [-0.2, 0) is 0 Å². The number of amides is 1. The van der Waals surface area contributed by atoms with Crippen molar-refractivity contribution in [2.45, 2.75) is 25.3 Å². The fourth-order valence-electron chi connectivity index (χ4n) is 4.99. The standard InChI is InChI=1S/C27H31N7O3S/c28-13-15-29-26(35)21-4-2-20(3-5-21)25-10-14-30-27(32-25)31-22-6-8-23(9-7-22)33-17-11-24(12-18-33)34-16-1-19-38(34,36)37/h2-10,14,24,36-37H,1,11-12,15-19H2,(H,29,35)(H,30,31,32). The first kappa shape index (κ1) is 25.9. The van der Waals surface area contributed by atoms with Crippen LogP contribution in [0.25, 0.3) is 11.3 Å². The number of anilines is 3. The van der Waals surface area contributed by atoms with E-state index in [0.717, 1.165) is 61.5 Å². The number of benzene rings is 2. The Balaban J connectivity index is 1.18. The fraction of sp³-hybridized carbons (Fsp3) is 0.333. The third-order valence-electron chi connectivity index (χ3n) is 6.96. The van der Waals surface area contributed by atoms with Gasteiger partial charge in [0, 0.05) is 54.4 Å². The molecule has 2 aliphatic rings. The maximum atomic E-state index is 12.0. The lowest BCUT2D eigenvalue weighted by molar-refractivity contribution is 0.0958. The van der Waals surface area contributed by atoms with E-state index in [2.05, 4.69) is 37.6 Å². The second-order valence-electron chi connectivity index (χ2n) is 9.40. The van der Waals surface area contributed by atoms with Gasteiger partial charge in [-0.2, -0.15) is 5.26 Å². The van der Waals surface area contributed by atoms with Gasteiger partial charge in [0.1, 0.15) is 6.54 Å². The summed E-state index contributed by atoms with van der Waals surface area (Å²) in [4.78, 5) is 23.3. The summed E-state index contributed by atoms with van der Waals surface area (Å²) in [5.41, 5.74) is 4.06. The van der Waals surface area contributed by atoms with Crippen molar-refractivity contribution < 1.29 is 13.9 Å². The minimum atomic E-state index is -2.56. The van der Waals surface area contributed by atoms with E-state index in [1.807, 2.05) is 40.7 Å². The van der Waals surface area contributed by atoms with Gasteiger partial charge in [0.25, 0.3) is 5.91 Å². The van der Waals surface area contributed by atoms with E-state index in [1.165, 1.54) is 0 Å². The van der Waals surface area contributed by atoms with E-state index in [4.69, 9.17) is 5.26 Å². The summed E-state index contributed by atoms with van der Waals surface area (Å²) in [7, 11) is -2.56. The molecule has 2 aromatic carbocycles. The van der Waals surface area contributed by atoms with E-state index in [1.54, 1.807) is 18.3 Å². The van der Waals surface area contributed by atoms with Gasteiger partial charge in [0.2, 0.25) is 5.95 Å². The van der Waals surface area contributed by atoms with Crippen LogP contribution in [0.4, 0.5) is 17.3 Å². The molecule has 0 radical (unpaired) electrons. The molecule has 1 amide bonds. The average Bonchev–Trinajstić information content (AvgIpc) is 3.31. The van der Waals surface area contributed by atoms with Crippen LogP contribution < -0.4 is 15.5 Å². The average molecular weight is 534 g/mol. The fourth-order valence-corrected chi connectivity index (χ4v) is 6.85. The highest BCUT2D eigenvalue weighted by molar-refractivity contribution is 8.22. The maximum Gasteiger partial charge on any atom is 0.252 e. The summed E-state index contributed by atoms with van der Waals surface area (Å²) in [5, 5.41) is 14.4. The third kappa shape index (κ3) is 5.89. The molecule has 2 saturated heterocycles. The first-order valence-corrected chi connectivity index (χ1v) is 14.3. The molecular formula is C27H31N7O3S. The van der Waals surface area contributed by atoms with Crippen molar-refractivity contribution in [2.75, 3.05) is 42.1 Å². The number of hydrogen-bond donors (Lipinski definition) is 4. The van der Waals surface area contributed by atoms with Crippen molar-refractivity contribution in [2.24, 2.45) is 0 Å². The number of carbonyl (C=O) groups excluding carboxylic acids is 1. The molecule has 0 saturated carbocycles. The van der Waals surface area contributed by atoms with Gasteiger partial charge in [0.15, 0.2) is 0 Å². The quantitative estimate of drug-likeness (QED) is 0.324. The van der Waals surface area contributed by atoms with E-state index in [0.29, 0.717) is 17.3 Å². The Hall–Kier alpha value is -3.69. The second-order valence-corrected chi connectivity index (χ2v) is 11.5. The number of nitriles is 1. The number of hydrogen-bond acceptors (Lipinski definition) is 9. The van der Waals surface area contributed by atoms with Gasteiger partial charge in [-0.15, -0.1) is 10.8 Å². The first-order valence-electron chi connectivity index (χ1n) is 12.7. The van der Waals surface area contributed by atoms with Crippen LogP contribution in [-0.4, -0.2) is 67.3 Å². The van der Waals surface area contributed by atoms with Gasteiger partial charge in [0.05, 0.1) is 17.5 Å². The molecule has 0 unspecified atom stereocenters. The Kier molecular flexibility index (Phi) is 7.76. The minimum Gasteiger partial charge on any atom is -0.371 e. The Bertz CT molecular complexity index is 1300. The maximum absolute atomic E-state index is 12.0. The van der Waals surface area contributed by atoms with Crippen LogP contribution in [0.2, 0.25) is 0 Å². The summed E-state index contributed by atoms with van der Waals surface area (Å²) in [6, 6.07) is 19.1. The van der Waals surface area contributed by atoms with Crippen molar-refractivity contribution >= 4 is 34.0 Å². The van der Waals surface area contributed by atoms with E-state index in [9.17, 15) is 13.9 Å². The SMILES string of the molecule is N#CCNC(=O)c1ccc(-c2ccnc(Nc3ccc(N4CCC(N5CCCS5(O)O)CC4)cc3)n2)cc1. The van der Waals surface area contributed by atoms with E-state index < -0.39 is 10.8 Å². The van der Waals surface area contributed by atoms with E-state index in [-0.39, 0.29) is 18.5 Å². The van der Waals surface area contributed by atoms with Crippen LogP contribution in [0.1, 0.15) is 29.6 Å². The molecule has 3 heterocycles. The zero-order valence-electron chi connectivity index (χ0n) is 21.0. The first-order chi connectivity index (χ1) is 18.4. The lowest BCUT2D eigenvalue weighted by Gasteiger charge is -2.45. The summed E-state index contributed by atoms with van der Waals surface area (Å²) in [6.45, 7) is 2.51. The molecule has 11 heteroatoms. The molecule has 2 aliphatic heterocycles. The molecule has 0 spiro atoms. The van der Waals surface area contributed by atoms with Crippen molar-refractivity contribution in [1.29, 1.82) is 5.26 Å². The molecular weight excluding hydrogens is 502 g/mol. The smallest absolute Gasteiger partial charge is 0.252 e. The number of rotatable bonds is 7. The molecule has 38 heavy (non-hydrogen) atoms. The van der Waals surface area contributed by atoms with Crippen molar-refractivity contribution in [3.8, 4) is 17.3 Å². The highest BCUT2D eigenvalue weighted by Gasteiger charge is 2.36. The van der Waals surface area contributed by atoms with Gasteiger partial charge in [-0.05, 0) is 61.7 Å². The molecule has 3 aromatic rings. The molecule has 0 aliphatic carbocycles. The van der Waals surface area contributed by atoms with Crippen LogP contribution in [0.15, 0.2) is 60.8 Å². The third-order valence-corrected chi connectivity index (χ3v) is 9.03. The summed E-state index contributed by atoms with van der Waals surface area (Å²) < 4.78 is 22.5. The van der Waals surface area contributed by atoms with Gasteiger partial charge < -0.3 is 15.5 Å². The zero-order valence-corrected chi connectivity index (χ0v) is 21.8. The van der Waals surface area contributed by atoms with Gasteiger partial charge in [-0.1, -0.05) is 12.1 Å². The van der Waals surface area contributed by atoms with Crippen molar-refractivity contribution in [3.63, 3.8) is 0 Å². The lowest BCUT2D eigenvalue weighted by Crippen LogP contribution is -2.44. The topological polar surface area (TPSA) is 138 Å². The predicted molar refractivity (Wildman–Crippen MR) is 149 cm³/mol. The predicted octanol–water partition coefficient (Wildman–Crippen LogP) is 4.48. The van der Waals surface area contributed by atoms with Gasteiger partial charge in [-0.3, -0.25) is 13.9 Å². The number of aromatic nitrogens is 2. The molecule has 1 aromatic heterocycles. The summed E-state index contributed by atoms with van der Waals surface area (Å²) in [6.07, 6.45) is 4.38. The molecule has 2 fully saturated rings. The summed E-state index contributed by atoms with van der Waals surface area (Å²) in [5.74, 6) is 0.682. The largest absolute Gasteiger partial charge is 0.371 e. The highest BCUT2D eigenvalue weighted by atomic mass is 32.3. The zero-order chi connectivity index (χ0) is 26.5. The lowest BCUT2D eigenvalue weighted by atomic mass is 10.0. The Morgan fingerprint density at radius 2 is 1.79 bits per heavy atom. The normalized spacial score (nSPS) is 18.5. The molecule has 0 bridgehead atoms. The van der Waals surface area contributed by atoms with Crippen molar-refractivity contribution in [1.82, 2.24) is 19.6 Å². The van der Waals surface area contributed by atoms with Crippen LogP contribution in [0, 0.1) is 11.3 Å². The molecule has 4 N–H and O–H groups in total. The molecule has 0 atom stereocenters. The Labute approximate surface area is 223 Å². The monoisotopic (exact) mass is 533 g/mol. The Morgan fingerprint density at radius 1 is 1.05 bits per heavy atom. The van der Waals surface area contributed by atoms with E-state index >= 15 is 0 Å². The number of nitrogens with one attached hydrogen (secondary N) is 2. The Morgan fingerprint density at radius 3 is 2.45 bits per heavy atom. The second kappa shape index (κ2) is 11.4. The summed E-state index contributed by atoms with van der Waals surface area (Å²) >= 11 is 0. The number of nitrogens with zero attached hydrogens (tertiary/aromatic N) is 5. The number of carbonyl (C=O) groups is 1. The molecule has 10 nitrogen and oxygen atoms in total. The highest BCUT2D eigenvalue weighted by Crippen LogP contribution is 2.51. The van der Waals surface area contributed by atoms with Crippen LogP contribution in [0.5, 0.6) is 0 Å². The molecule has 5 rings (SSSR count). The van der Waals surface area contributed by atoms with Gasteiger partial charge in [-0.25, -0.2) is 14.3 Å².